The molecule has 1 N–H and O–H groups in total. The van der Waals surface area contributed by atoms with E-state index < -0.39 is 0 Å². The summed E-state index contributed by atoms with van der Waals surface area (Å²) in [5, 5.41) is 0. The third-order valence-corrected chi connectivity index (χ3v) is 2.07. The number of rotatable bonds is 3. The Morgan fingerprint density at radius 1 is 1.33 bits per heavy atom. The van der Waals surface area contributed by atoms with Crippen LogP contribution in [0.1, 0.15) is 17.1 Å². The van der Waals surface area contributed by atoms with Gasteiger partial charge in [-0.3, -0.25) is 4.99 Å². The van der Waals surface area contributed by atoms with Crippen LogP contribution < -0.4 is 0 Å². The van der Waals surface area contributed by atoms with Gasteiger partial charge in [-0.15, -0.1) is 0 Å². The molecule has 15 heavy (non-hydrogen) atoms. The molecule has 0 amide bonds. The molecule has 1 aromatic heterocycles. The molecule has 0 radical (unpaired) electrons. The van der Waals surface area contributed by atoms with Gasteiger partial charge in [0.05, 0.1) is 18.4 Å². The smallest absolute Gasteiger partial charge is 0.103 e. The minimum absolute atomic E-state index is 0.707. The number of hydrogen-bond acceptors (Lipinski definition) is 2. The van der Waals surface area contributed by atoms with E-state index in [2.05, 4.69) is 27.1 Å². The van der Waals surface area contributed by atoms with Gasteiger partial charge < -0.3 is 4.98 Å². The molecule has 0 aliphatic carbocycles. The van der Waals surface area contributed by atoms with Crippen LogP contribution in [0.5, 0.6) is 0 Å². The molecule has 0 bridgehead atoms. The second-order valence-electron chi connectivity index (χ2n) is 3.38. The van der Waals surface area contributed by atoms with Gasteiger partial charge in [-0.1, -0.05) is 30.3 Å². The van der Waals surface area contributed by atoms with E-state index in [1.54, 1.807) is 6.20 Å². The maximum Gasteiger partial charge on any atom is 0.103 e. The van der Waals surface area contributed by atoms with Crippen molar-refractivity contribution in [3.63, 3.8) is 0 Å². The number of aliphatic imine (C=N–C) groups is 1. The molecule has 3 heteroatoms. The summed E-state index contributed by atoms with van der Waals surface area (Å²) in [6, 6.07) is 10.2. The summed E-state index contributed by atoms with van der Waals surface area (Å²) >= 11 is 0. The Kier molecular flexibility index (Phi) is 2.93. The predicted octanol–water partition coefficient (Wildman–Crippen LogP) is 2.34. The first kappa shape index (κ1) is 9.65. The van der Waals surface area contributed by atoms with Crippen molar-refractivity contribution in [3.05, 3.63) is 53.6 Å². The molecule has 1 heterocycles. The minimum Gasteiger partial charge on any atom is -0.341 e. The highest BCUT2D eigenvalue weighted by Gasteiger charge is 1.91. The average Bonchev–Trinajstić information content (AvgIpc) is 2.66. The standard InChI is InChI=1S/C12H13N3/c1-10-14-9-12(15-10)8-13-7-11-5-3-2-4-6-11/h2-6,8-9H,7H2,1H3,(H,14,15). The Morgan fingerprint density at radius 2 is 2.13 bits per heavy atom. The van der Waals surface area contributed by atoms with Crippen molar-refractivity contribution in [2.75, 3.05) is 0 Å². The summed E-state index contributed by atoms with van der Waals surface area (Å²) in [5.41, 5.74) is 2.16. The summed E-state index contributed by atoms with van der Waals surface area (Å²) in [4.78, 5) is 11.5. The van der Waals surface area contributed by atoms with Gasteiger partial charge in [-0.05, 0) is 12.5 Å². The first-order valence-electron chi connectivity index (χ1n) is 4.90. The summed E-state index contributed by atoms with van der Waals surface area (Å²) in [6.45, 7) is 2.63. The second kappa shape index (κ2) is 4.55. The monoisotopic (exact) mass is 199 g/mol. The highest BCUT2D eigenvalue weighted by Crippen LogP contribution is 2.00. The largest absolute Gasteiger partial charge is 0.341 e. The molecule has 0 saturated heterocycles. The van der Waals surface area contributed by atoms with Crippen LogP contribution in [0.3, 0.4) is 0 Å². The summed E-state index contributed by atoms with van der Waals surface area (Å²) in [5.74, 6) is 0.913. The molecule has 3 nitrogen and oxygen atoms in total. The lowest BCUT2D eigenvalue weighted by Crippen LogP contribution is -1.84. The van der Waals surface area contributed by atoms with Crippen LogP contribution in [-0.4, -0.2) is 16.2 Å². The number of aromatic nitrogens is 2. The quantitative estimate of drug-likeness (QED) is 0.757. The van der Waals surface area contributed by atoms with Gasteiger partial charge in [0.15, 0.2) is 0 Å². The lowest BCUT2D eigenvalue weighted by Gasteiger charge is -1.93. The van der Waals surface area contributed by atoms with Crippen LogP contribution >= 0.6 is 0 Å². The van der Waals surface area contributed by atoms with E-state index in [0.717, 1.165) is 11.5 Å². The lowest BCUT2D eigenvalue weighted by atomic mass is 10.2. The molecular formula is C12H13N3. The van der Waals surface area contributed by atoms with Gasteiger partial charge in [-0.25, -0.2) is 4.98 Å². The minimum atomic E-state index is 0.707. The average molecular weight is 199 g/mol. The highest BCUT2D eigenvalue weighted by atomic mass is 14.9. The number of aromatic amines is 1. The van der Waals surface area contributed by atoms with Crippen molar-refractivity contribution in [2.45, 2.75) is 13.5 Å². The van der Waals surface area contributed by atoms with Gasteiger partial charge in [0, 0.05) is 6.21 Å². The molecule has 0 unspecified atom stereocenters. The van der Waals surface area contributed by atoms with Crippen LogP contribution in [0.2, 0.25) is 0 Å². The zero-order valence-electron chi connectivity index (χ0n) is 8.64. The van der Waals surface area contributed by atoms with Crippen LogP contribution in [0, 0.1) is 6.92 Å². The molecule has 1 aromatic carbocycles. The Labute approximate surface area is 88.9 Å². The number of benzene rings is 1. The van der Waals surface area contributed by atoms with Crippen LogP contribution in [0.15, 0.2) is 41.5 Å². The lowest BCUT2D eigenvalue weighted by molar-refractivity contribution is 1.07. The maximum atomic E-state index is 4.33. The van der Waals surface area contributed by atoms with Crippen molar-refractivity contribution >= 4 is 6.21 Å². The normalized spacial score (nSPS) is 11.0. The molecule has 0 atom stereocenters. The fraction of sp³-hybridized carbons (Fsp3) is 0.167. The molecular weight excluding hydrogens is 186 g/mol. The topological polar surface area (TPSA) is 41.0 Å². The van der Waals surface area contributed by atoms with Gasteiger partial charge in [0.2, 0.25) is 0 Å². The van der Waals surface area contributed by atoms with E-state index in [0.29, 0.717) is 6.54 Å². The predicted molar refractivity (Wildman–Crippen MR) is 61.1 cm³/mol. The Morgan fingerprint density at radius 3 is 2.80 bits per heavy atom. The number of hydrogen-bond donors (Lipinski definition) is 1. The van der Waals surface area contributed by atoms with Crippen molar-refractivity contribution in [2.24, 2.45) is 4.99 Å². The van der Waals surface area contributed by atoms with Gasteiger partial charge >= 0.3 is 0 Å². The number of nitrogens with zero attached hydrogens (tertiary/aromatic N) is 2. The van der Waals surface area contributed by atoms with Crippen molar-refractivity contribution in [3.8, 4) is 0 Å². The first-order valence-corrected chi connectivity index (χ1v) is 4.90. The molecule has 0 aliphatic heterocycles. The third-order valence-electron chi connectivity index (χ3n) is 2.07. The third kappa shape index (κ3) is 2.77. The molecule has 0 spiro atoms. The molecule has 0 fully saturated rings. The highest BCUT2D eigenvalue weighted by molar-refractivity contribution is 5.76. The Balaban J connectivity index is 1.96. The summed E-state index contributed by atoms with van der Waals surface area (Å²) in [7, 11) is 0. The molecule has 2 rings (SSSR count). The number of imidazole rings is 1. The number of aryl methyl sites for hydroxylation is 1. The van der Waals surface area contributed by atoms with Crippen molar-refractivity contribution in [1.29, 1.82) is 0 Å². The van der Waals surface area contributed by atoms with Crippen molar-refractivity contribution < 1.29 is 0 Å². The summed E-state index contributed by atoms with van der Waals surface area (Å²) in [6.07, 6.45) is 3.59. The fourth-order valence-electron chi connectivity index (χ4n) is 1.34. The summed E-state index contributed by atoms with van der Waals surface area (Å²) < 4.78 is 0. The van der Waals surface area contributed by atoms with E-state index in [1.165, 1.54) is 5.56 Å². The first-order chi connectivity index (χ1) is 7.34. The maximum absolute atomic E-state index is 4.33. The molecule has 0 aliphatic rings. The molecule has 0 saturated carbocycles. The Hall–Kier alpha value is -1.90. The van der Waals surface area contributed by atoms with E-state index in [9.17, 15) is 0 Å². The number of H-pyrrole nitrogens is 1. The number of nitrogens with one attached hydrogen (secondary N) is 1. The van der Waals surface area contributed by atoms with E-state index >= 15 is 0 Å². The second-order valence-corrected chi connectivity index (χ2v) is 3.38. The fourth-order valence-corrected chi connectivity index (χ4v) is 1.34. The van der Waals surface area contributed by atoms with Crippen LogP contribution in [0.4, 0.5) is 0 Å². The zero-order chi connectivity index (χ0) is 10.5. The van der Waals surface area contributed by atoms with Gasteiger partial charge in [-0.2, -0.15) is 0 Å². The van der Waals surface area contributed by atoms with Crippen LogP contribution in [-0.2, 0) is 6.54 Å². The Bertz CT molecular complexity index is 443. The molecule has 76 valence electrons. The zero-order valence-corrected chi connectivity index (χ0v) is 8.64. The van der Waals surface area contributed by atoms with E-state index in [1.807, 2.05) is 31.3 Å². The van der Waals surface area contributed by atoms with Gasteiger partial charge in [0.25, 0.3) is 0 Å². The van der Waals surface area contributed by atoms with Gasteiger partial charge in [0.1, 0.15) is 5.82 Å². The van der Waals surface area contributed by atoms with Crippen LogP contribution in [0.25, 0.3) is 0 Å². The van der Waals surface area contributed by atoms with Crippen molar-refractivity contribution in [1.82, 2.24) is 9.97 Å². The molecule has 2 aromatic rings. The SMILES string of the molecule is Cc1ncc(C=NCc2ccccc2)[nH]1. The van der Waals surface area contributed by atoms with E-state index in [-0.39, 0.29) is 0 Å². The van der Waals surface area contributed by atoms with E-state index in [4.69, 9.17) is 0 Å².